The van der Waals surface area contributed by atoms with Gasteiger partial charge in [-0.2, -0.15) is 4.98 Å². The number of halogens is 2. The zero-order valence-electron chi connectivity index (χ0n) is 27.0. The predicted octanol–water partition coefficient (Wildman–Crippen LogP) is 6.12. The van der Waals surface area contributed by atoms with Crippen LogP contribution in [0, 0.1) is 30.4 Å². The number of hydrogen-bond donors (Lipinski definition) is 1. The van der Waals surface area contributed by atoms with E-state index in [0.717, 1.165) is 54.1 Å². The second-order valence-corrected chi connectivity index (χ2v) is 13.3. The fraction of sp³-hybridized carbons (Fsp3) is 0.444. The van der Waals surface area contributed by atoms with E-state index in [4.69, 9.17) is 9.97 Å². The van der Waals surface area contributed by atoms with Crippen molar-refractivity contribution in [3.63, 3.8) is 0 Å². The molecule has 0 saturated carbocycles. The van der Waals surface area contributed by atoms with Gasteiger partial charge in [-0.3, -0.25) is 14.2 Å². The Bertz CT molecular complexity index is 1790. The summed E-state index contributed by atoms with van der Waals surface area (Å²) in [7, 11) is 0. The van der Waals surface area contributed by atoms with Crippen LogP contribution in [0.4, 0.5) is 14.7 Å². The second kappa shape index (κ2) is 13.3. The molecule has 2 fully saturated rings. The van der Waals surface area contributed by atoms with E-state index in [2.05, 4.69) is 22.0 Å². The van der Waals surface area contributed by atoms with Crippen LogP contribution in [0.3, 0.4) is 0 Å². The number of nitrogens with one attached hydrogen (secondary N) is 1. The summed E-state index contributed by atoms with van der Waals surface area (Å²) in [5.41, 5.74) is 1.53. The summed E-state index contributed by atoms with van der Waals surface area (Å²) in [4.78, 5) is 41.0. The van der Waals surface area contributed by atoms with Crippen molar-refractivity contribution in [2.75, 3.05) is 37.6 Å². The number of anilines is 1. The molecule has 4 aromatic rings. The first-order valence-electron chi connectivity index (χ1n) is 16.4. The van der Waals surface area contributed by atoms with Crippen molar-refractivity contribution in [2.24, 2.45) is 11.8 Å². The first-order valence-corrected chi connectivity index (χ1v) is 16.4. The van der Waals surface area contributed by atoms with Crippen molar-refractivity contribution >= 4 is 22.9 Å². The Labute approximate surface area is 268 Å². The highest BCUT2D eigenvalue weighted by Gasteiger charge is 2.29. The van der Waals surface area contributed by atoms with E-state index in [-0.39, 0.29) is 11.6 Å². The van der Waals surface area contributed by atoms with Gasteiger partial charge in [-0.05, 0) is 93.4 Å². The highest BCUT2D eigenvalue weighted by atomic mass is 19.1. The van der Waals surface area contributed by atoms with E-state index < -0.39 is 22.9 Å². The molecular weight excluding hydrogens is 586 g/mol. The van der Waals surface area contributed by atoms with Gasteiger partial charge < -0.3 is 15.1 Å². The average molecular weight is 629 g/mol. The summed E-state index contributed by atoms with van der Waals surface area (Å²) in [5.74, 6) is -0.492. The maximum atomic E-state index is 15.2. The molecule has 0 spiro atoms. The topological polar surface area (TPSA) is 83.4 Å². The number of benzene rings is 2. The molecule has 46 heavy (non-hydrogen) atoms. The molecule has 1 amide bonds. The fourth-order valence-electron chi connectivity index (χ4n) is 6.61. The van der Waals surface area contributed by atoms with Gasteiger partial charge in [0.25, 0.3) is 11.5 Å². The van der Waals surface area contributed by atoms with E-state index in [1.807, 2.05) is 26.8 Å². The number of piperidine rings is 2. The number of carbonyl (C=O) groups excluding carboxylic acids is 1. The number of amides is 1. The molecule has 2 aromatic heterocycles. The van der Waals surface area contributed by atoms with Crippen molar-refractivity contribution in [2.45, 2.75) is 59.4 Å². The Morgan fingerprint density at radius 1 is 0.957 bits per heavy atom. The molecule has 2 saturated heterocycles. The number of likely N-dealkylation sites (tertiary alicyclic amines) is 1. The molecule has 2 aliphatic heterocycles. The molecule has 2 aliphatic rings. The molecule has 4 heterocycles. The predicted molar refractivity (Wildman–Crippen MR) is 178 cm³/mol. The lowest BCUT2D eigenvalue weighted by Crippen LogP contribution is -2.48. The first kappa shape index (κ1) is 31.8. The Kier molecular flexibility index (Phi) is 9.18. The van der Waals surface area contributed by atoms with Gasteiger partial charge in [0.05, 0.1) is 5.69 Å². The zero-order chi connectivity index (χ0) is 32.5. The van der Waals surface area contributed by atoms with Crippen molar-refractivity contribution in [3.8, 4) is 16.9 Å². The molecule has 1 N–H and O–H groups in total. The number of pyridine rings is 1. The van der Waals surface area contributed by atoms with E-state index >= 15 is 8.78 Å². The van der Waals surface area contributed by atoms with Crippen LogP contribution in [0.5, 0.6) is 0 Å². The Balaban J connectivity index is 1.47. The van der Waals surface area contributed by atoms with E-state index in [9.17, 15) is 9.59 Å². The third kappa shape index (κ3) is 6.40. The molecule has 10 heteroatoms. The maximum absolute atomic E-state index is 15.2. The van der Waals surface area contributed by atoms with Crippen molar-refractivity contribution in [1.29, 1.82) is 0 Å². The highest BCUT2D eigenvalue weighted by Crippen LogP contribution is 2.33. The third-order valence-electron chi connectivity index (χ3n) is 9.41. The van der Waals surface area contributed by atoms with Crippen LogP contribution in [-0.2, 0) is 0 Å². The van der Waals surface area contributed by atoms with Gasteiger partial charge in [-0.15, -0.1) is 0 Å². The Hall–Kier alpha value is -4.18. The third-order valence-corrected chi connectivity index (χ3v) is 9.41. The number of para-hydroxylation sites is 1. The van der Waals surface area contributed by atoms with Crippen molar-refractivity contribution in [1.82, 2.24) is 24.8 Å². The lowest BCUT2D eigenvalue weighted by atomic mass is 9.95. The molecule has 0 aliphatic carbocycles. The maximum Gasteiger partial charge on any atom is 0.256 e. The van der Waals surface area contributed by atoms with Crippen LogP contribution in [0.2, 0.25) is 0 Å². The van der Waals surface area contributed by atoms with Gasteiger partial charge in [0, 0.05) is 48.3 Å². The number of fused-ring (bicyclic) bond motifs is 1. The van der Waals surface area contributed by atoms with Crippen LogP contribution in [0.1, 0.15) is 62.4 Å². The van der Waals surface area contributed by atoms with E-state index in [1.165, 1.54) is 25.0 Å². The summed E-state index contributed by atoms with van der Waals surface area (Å²) in [6, 6.07) is 12.3. The molecule has 8 nitrogen and oxygen atoms in total. The molecule has 0 atom stereocenters. The summed E-state index contributed by atoms with van der Waals surface area (Å²) in [5, 5.41) is 3.42. The van der Waals surface area contributed by atoms with Gasteiger partial charge in [-0.1, -0.05) is 32.9 Å². The van der Waals surface area contributed by atoms with Crippen molar-refractivity contribution < 1.29 is 13.6 Å². The first-order chi connectivity index (χ1) is 22.1. The minimum Gasteiger partial charge on any atom is -0.352 e. The minimum atomic E-state index is -0.868. The number of hydrogen-bond acceptors (Lipinski definition) is 6. The molecule has 6 rings (SSSR count). The van der Waals surface area contributed by atoms with Gasteiger partial charge >= 0.3 is 0 Å². The zero-order valence-corrected chi connectivity index (χ0v) is 27.0. The Morgan fingerprint density at radius 2 is 1.65 bits per heavy atom. The molecule has 242 valence electrons. The SMILES string of the molecule is Cc1ccc(C(=O)NCC(C)C)cc1-c1nc(N2CCC(N3CCC(C)CC3)CC2)nc2c1ccc(=O)n2-c1c(F)cccc1F. The minimum absolute atomic E-state index is 0.109. The van der Waals surface area contributed by atoms with E-state index in [1.54, 1.807) is 18.2 Å². The number of aryl methyl sites for hydroxylation is 1. The molecule has 2 aromatic carbocycles. The second-order valence-electron chi connectivity index (χ2n) is 13.3. The standard InChI is InChI=1S/C36H42F2N6O2/c1-22(2)21-39-35(46)25-9-8-24(4)28(20-25)32-27-10-11-31(45)44(33-29(37)6-5-7-30(33)38)34(27)41-36(40-32)43-18-14-26(15-19-43)42-16-12-23(3)13-17-42/h5-11,20,22-23,26H,12-19,21H2,1-4H3,(H,39,46). The molecule has 0 bridgehead atoms. The van der Waals surface area contributed by atoms with Crippen molar-refractivity contribution in [3.05, 3.63) is 81.6 Å². The monoisotopic (exact) mass is 628 g/mol. The molecule has 0 radical (unpaired) electrons. The number of nitrogens with zero attached hydrogens (tertiary/aromatic N) is 5. The largest absolute Gasteiger partial charge is 0.352 e. The van der Waals surface area contributed by atoms with Crippen LogP contribution in [-0.4, -0.2) is 64.1 Å². The molecule has 0 unspecified atom stereocenters. The normalized spacial score (nSPS) is 16.8. The molecular formula is C36H42F2N6O2. The van der Waals surface area contributed by atoms with Crippen LogP contribution in [0.25, 0.3) is 28.0 Å². The lowest BCUT2D eigenvalue weighted by Gasteiger charge is -2.41. The van der Waals surface area contributed by atoms with Crippen LogP contribution in [0.15, 0.2) is 53.3 Å². The highest BCUT2D eigenvalue weighted by molar-refractivity contribution is 5.98. The van der Waals surface area contributed by atoms with Gasteiger partial charge in [0.1, 0.15) is 17.3 Å². The summed E-state index contributed by atoms with van der Waals surface area (Å²) in [6.07, 6.45) is 4.32. The van der Waals surface area contributed by atoms with Gasteiger partial charge in [0.15, 0.2) is 5.65 Å². The average Bonchev–Trinajstić information content (AvgIpc) is 3.04. The quantitative estimate of drug-likeness (QED) is 0.266. The number of aromatic nitrogens is 3. The van der Waals surface area contributed by atoms with Crippen LogP contribution >= 0.6 is 0 Å². The summed E-state index contributed by atoms with van der Waals surface area (Å²) < 4.78 is 31.4. The van der Waals surface area contributed by atoms with Gasteiger partial charge in [0.2, 0.25) is 5.95 Å². The lowest BCUT2D eigenvalue weighted by molar-refractivity contribution is 0.0949. The Morgan fingerprint density at radius 3 is 2.33 bits per heavy atom. The number of rotatable bonds is 7. The smallest absolute Gasteiger partial charge is 0.256 e. The number of carbonyl (C=O) groups is 1. The van der Waals surface area contributed by atoms with Crippen LogP contribution < -0.4 is 15.8 Å². The summed E-state index contributed by atoms with van der Waals surface area (Å²) >= 11 is 0. The fourth-order valence-corrected chi connectivity index (χ4v) is 6.61. The van der Waals surface area contributed by atoms with E-state index in [0.29, 0.717) is 59.7 Å². The van der Waals surface area contributed by atoms with Gasteiger partial charge in [-0.25, -0.2) is 13.8 Å². The summed E-state index contributed by atoms with van der Waals surface area (Å²) in [6.45, 7) is 12.5.